The Morgan fingerprint density at radius 1 is 1.34 bits per heavy atom. The normalized spacial score (nSPS) is 20.4. The van der Waals surface area contributed by atoms with Gasteiger partial charge in [0, 0.05) is 17.4 Å². The second-order valence-corrected chi connectivity index (χ2v) is 6.91. The first-order chi connectivity index (χ1) is 14.0. The van der Waals surface area contributed by atoms with Crippen molar-refractivity contribution in [3.05, 3.63) is 70.8 Å². The minimum atomic E-state index is -0.919. The molecule has 2 aromatic rings. The van der Waals surface area contributed by atoms with Crippen LogP contribution in [0.3, 0.4) is 0 Å². The summed E-state index contributed by atoms with van der Waals surface area (Å²) in [6, 6.07) is 9.31. The van der Waals surface area contributed by atoms with E-state index < -0.39 is 17.3 Å². The van der Waals surface area contributed by atoms with Crippen LogP contribution in [0.4, 0.5) is 10.1 Å². The number of rotatable bonds is 3. The molecule has 1 amide bonds. The van der Waals surface area contributed by atoms with Crippen molar-refractivity contribution in [3.63, 3.8) is 0 Å². The highest BCUT2D eigenvalue weighted by Gasteiger charge is 2.42. The number of halogens is 1. The predicted octanol–water partition coefficient (Wildman–Crippen LogP) is 3.00. The molecule has 1 aliphatic heterocycles. The maximum atomic E-state index is 14.9. The van der Waals surface area contributed by atoms with Crippen LogP contribution in [-0.2, 0) is 10.3 Å². The molecule has 4 rings (SSSR count). The van der Waals surface area contributed by atoms with Crippen molar-refractivity contribution in [1.29, 1.82) is 5.26 Å². The van der Waals surface area contributed by atoms with Crippen LogP contribution in [-0.4, -0.2) is 23.5 Å². The van der Waals surface area contributed by atoms with Gasteiger partial charge in [0.1, 0.15) is 29.7 Å². The summed E-state index contributed by atoms with van der Waals surface area (Å²) in [5, 5.41) is 11.6. The van der Waals surface area contributed by atoms with Crippen molar-refractivity contribution < 1.29 is 13.9 Å². The minimum absolute atomic E-state index is 0.0275. The number of hydrogen-bond donors (Lipinski definition) is 2. The monoisotopic (exact) mass is 391 g/mol. The van der Waals surface area contributed by atoms with Crippen LogP contribution in [0.1, 0.15) is 40.9 Å². The Labute approximate surface area is 166 Å². The quantitative estimate of drug-likeness (QED) is 0.781. The fraction of sp³-hybridized carbons (Fsp3) is 0.238. The summed E-state index contributed by atoms with van der Waals surface area (Å²) < 4.78 is 20.2. The Hall–Kier alpha value is -3.73. The third-order valence-electron chi connectivity index (χ3n) is 5.14. The first kappa shape index (κ1) is 18.6. The van der Waals surface area contributed by atoms with Crippen molar-refractivity contribution in [2.45, 2.75) is 24.8 Å². The number of carbonyl (C=O) groups is 1. The van der Waals surface area contributed by atoms with Crippen molar-refractivity contribution in [2.24, 2.45) is 10.7 Å². The van der Waals surface area contributed by atoms with Crippen molar-refractivity contribution in [1.82, 2.24) is 4.98 Å². The maximum absolute atomic E-state index is 14.9. The Balaban J connectivity index is 1.68. The number of nitrogens with zero attached hydrogens (tertiary/aromatic N) is 3. The van der Waals surface area contributed by atoms with E-state index in [1.165, 1.54) is 30.5 Å². The van der Waals surface area contributed by atoms with Crippen LogP contribution in [0, 0.1) is 17.1 Å². The lowest BCUT2D eigenvalue weighted by atomic mass is 9.75. The molecule has 2 aliphatic rings. The fourth-order valence-corrected chi connectivity index (χ4v) is 3.72. The van der Waals surface area contributed by atoms with Gasteiger partial charge in [-0.1, -0.05) is 6.08 Å². The fourth-order valence-electron chi connectivity index (χ4n) is 3.72. The zero-order valence-corrected chi connectivity index (χ0v) is 15.5. The van der Waals surface area contributed by atoms with E-state index in [9.17, 15) is 9.18 Å². The lowest BCUT2D eigenvalue weighted by Crippen LogP contribution is -2.40. The van der Waals surface area contributed by atoms with Gasteiger partial charge >= 0.3 is 0 Å². The largest absolute Gasteiger partial charge is 0.461 e. The van der Waals surface area contributed by atoms with E-state index in [2.05, 4.69) is 15.3 Å². The van der Waals surface area contributed by atoms with Gasteiger partial charge in [-0.15, -0.1) is 0 Å². The molecule has 0 saturated carbocycles. The van der Waals surface area contributed by atoms with E-state index in [0.717, 1.165) is 18.4 Å². The highest BCUT2D eigenvalue weighted by atomic mass is 19.1. The molecule has 0 saturated heterocycles. The molecule has 1 aromatic carbocycles. The minimum Gasteiger partial charge on any atom is -0.461 e. The molecule has 8 heteroatoms. The number of nitrogens with one attached hydrogen (secondary N) is 1. The Morgan fingerprint density at radius 2 is 2.21 bits per heavy atom. The van der Waals surface area contributed by atoms with Crippen molar-refractivity contribution in [3.8, 4) is 6.07 Å². The van der Waals surface area contributed by atoms with Gasteiger partial charge in [-0.25, -0.2) is 14.4 Å². The molecule has 29 heavy (non-hydrogen) atoms. The number of pyridine rings is 1. The SMILES string of the molecule is N#Cc1ccc(C(=O)Nc2ccc(F)c([C@]34CCCC=C3COC(N)=N4)c2)nc1. The van der Waals surface area contributed by atoms with Crippen LogP contribution >= 0.6 is 0 Å². The van der Waals surface area contributed by atoms with Gasteiger partial charge in [0.05, 0.1) is 5.56 Å². The molecule has 0 bridgehead atoms. The lowest BCUT2D eigenvalue weighted by Gasteiger charge is -2.39. The standard InChI is InChI=1S/C21H18FN5O2/c22-17-6-5-15(26-19(28)18-7-4-13(10-23)11-25-18)9-16(17)21-8-2-1-3-14(21)12-29-20(24)27-21/h3-7,9,11H,1-2,8,12H2,(H2,24,27)(H,26,28)/t21-/m0/s1. The molecule has 0 fully saturated rings. The number of hydrogen-bond acceptors (Lipinski definition) is 6. The Morgan fingerprint density at radius 3 is 2.97 bits per heavy atom. The van der Waals surface area contributed by atoms with Gasteiger partial charge in [-0.05, 0) is 55.2 Å². The number of nitriles is 1. The number of amidine groups is 1. The first-order valence-electron chi connectivity index (χ1n) is 9.17. The number of ether oxygens (including phenoxy) is 1. The second kappa shape index (κ2) is 7.36. The summed E-state index contributed by atoms with van der Waals surface area (Å²) in [5.74, 6) is -0.885. The van der Waals surface area contributed by atoms with Crippen LogP contribution in [0.5, 0.6) is 0 Å². The summed E-state index contributed by atoms with van der Waals surface area (Å²) in [4.78, 5) is 20.9. The van der Waals surface area contributed by atoms with Crippen molar-refractivity contribution in [2.75, 3.05) is 11.9 Å². The zero-order valence-electron chi connectivity index (χ0n) is 15.5. The van der Waals surface area contributed by atoms with E-state index in [4.69, 9.17) is 15.7 Å². The van der Waals surface area contributed by atoms with Gasteiger partial charge in [0.2, 0.25) is 0 Å². The molecule has 1 aromatic heterocycles. The first-order valence-corrected chi connectivity index (χ1v) is 9.17. The molecular weight excluding hydrogens is 373 g/mol. The molecule has 3 N–H and O–H groups in total. The summed E-state index contributed by atoms with van der Waals surface area (Å²) >= 11 is 0. The topological polar surface area (TPSA) is 113 Å². The van der Waals surface area contributed by atoms with E-state index in [1.54, 1.807) is 6.07 Å². The van der Waals surface area contributed by atoms with E-state index in [0.29, 0.717) is 23.2 Å². The third-order valence-corrected chi connectivity index (χ3v) is 5.14. The molecule has 7 nitrogen and oxygen atoms in total. The maximum Gasteiger partial charge on any atom is 0.283 e. The number of amides is 1. The number of carbonyl (C=O) groups excluding carboxylic acids is 1. The lowest BCUT2D eigenvalue weighted by molar-refractivity contribution is 0.102. The van der Waals surface area contributed by atoms with Crippen LogP contribution in [0.15, 0.2) is 53.2 Å². The Kier molecular flexibility index (Phi) is 4.72. The highest BCUT2D eigenvalue weighted by Crippen LogP contribution is 2.45. The number of fused-ring (bicyclic) bond motifs is 1. The van der Waals surface area contributed by atoms with Crippen LogP contribution < -0.4 is 11.1 Å². The molecule has 0 spiro atoms. The number of anilines is 1. The van der Waals surface area contributed by atoms with Gasteiger partial charge in [-0.2, -0.15) is 5.26 Å². The summed E-state index contributed by atoms with van der Waals surface area (Å²) in [6.07, 6.45) is 5.66. The number of aromatic nitrogens is 1. The summed E-state index contributed by atoms with van der Waals surface area (Å²) in [7, 11) is 0. The molecule has 146 valence electrons. The zero-order chi connectivity index (χ0) is 20.4. The molecule has 0 unspecified atom stereocenters. The van der Waals surface area contributed by atoms with E-state index in [1.807, 2.05) is 12.1 Å². The van der Waals surface area contributed by atoms with Crippen LogP contribution in [0.2, 0.25) is 0 Å². The summed E-state index contributed by atoms with van der Waals surface area (Å²) in [5.41, 5.74) is 7.03. The van der Waals surface area contributed by atoms with Gasteiger partial charge < -0.3 is 15.8 Å². The average molecular weight is 391 g/mol. The van der Waals surface area contributed by atoms with Crippen LogP contribution in [0.25, 0.3) is 0 Å². The second-order valence-electron chi connectivity index (χ2n) is 6.91. The summed E-state index contributed by atoms with van der Waals surface area (Å²) in [6.45, 7) is 0.264. The Bertz CT molecular complexity index is 1070. The van der Waals surface area contributed by atoms with Gasteiger partial charge in [0.25, 0.3) is 11.9 Å². The highest BCUT2D eigenvalue weighted by molar-refractivity contribution is 6.02. The van der Waals surface area contributed by atoms with Crippen molar-refractivity contribution >= 4 is 17.6 Å². The number of benzene rings is 1. The molecule has 2 heterocycles. The van der Waals surface area contributed by atoms with E-state index in [-0.39, 0.29) is 18.3 Å². The third kappa shape index (κ3) is 3.43. The molecule has 1 atom stereocenters. The molecule has 1 aliphatic carbocycles. The number of aliphatic imine (C=N–C) groups is 1. The van der Waals surface area contributed by atoms with Gasteiger partial charge in [0.15, 0.2) is 0 Å². The average Bonchev–Trinajstić information content (AvgIpc) is 2.74. The van der Waals surface area contributed by atoms with E-state index >= 15 is 0 Å². The predicted molar refractivity (Wildman–Crippen MR) is 104 cm³/mol. The van der Waals surface area contributed by atoms with Gasteiger partial charge in [-0.3, -0.25) is 4.79 Å². The molecular formula is C21H18FN5O2. The smallest absolute Gasteiger partial charge is 0.283 e. The molecule has 0 radical (unpaired) electrons. The number of nitrogens with two attached hydrogens (primary N) is 1. The number of allylic oxidation sites excluding steroid dienone is 1.